The minimum Gasteiger partial charge on any atom is -0.373 e. The molecule has 1 heterocycles. The van der Waals surface area contributed by atoms with Gasteiger partial charge in [-0.1, -0.05) is 23.2 Å². The van der Waals surface area contributed by atoms with Crippen molar-refractivity contribution in [1.82, 2.24) is 4.31 Å². The summed E-state index contributed by atoms with van der Waals surface area (Å²) in [4.78, 5) is 0.0444. The van der Waals surface area contributed by atoms with Crippen molar-refractivity contribution < 1.29 is 13.2 Å². The van der Waals surface area contributed by atoms with E-state index in [2.05, 4.69) is 0 Å². The Morgan fingerprint density at radius 2 is 1.79 bits per heavy atom. The van der Waals surface area contributed by atoms with Crippen LogP contribution >= 0.6 is 23.2 Å². The largest absolute Gasteiger partial charge is 0.373 e. The van der Waals surface area contributed by atoms with Crippen LogP contribution in [-0.2, 0) is 14.8 Å². The lowest BCUT2D eigenvalue weighted by Gasteiger charge is -2.34. The molecule has 19 heavy (non-hydrogen) atoms. The van der Waals surface area contributed by atoms with Crippen molar-refractivity contribution in [1.29, 1.82) is 0 Å². The molecule has 2 rings (SSSR count). The summed E-state index contributed by atoms with van der Waals surface area (Å²) in [6.07, 6.45) is -0.284. The van der Waals surface area contributed by atoms with Gasteiger partial charge in [0.05, 0.1) is 17.2 Å². The van der Waals surface area contributed by atoms with E-state index < -0.39 is 10.0 Å². The molecule has 0 aromatic heterocycles. The van der Waals surface area contributed by atoms with E-state index in [1.165, 1.54) is 16.4 Å². The smallest absolute Gasteiger partial charge is 0.244 e. The lowest BCUT2D eigenvalue weighted by atomic mass is 10.3. The zero-order valence-corrected chi connectivity index (χ0v) is 13.0. The first-order valence-corrected chi connectivity index (χ1v) is 8.11. The number of halogens is 2. The average Bonchev–Trinajstić information content (AvgIpc) is 2.31. The Morgan fingerprint density at radius 1 is 1.21 bits per heavy atom. The van der Waals surface area contributed by atoms with E-state index in [1.54, 1.807) is 6.07 Å². The van der Waals surface area contributed by atoms with E-state index in [9.17, 15) is 8.42 Å². The van der Waals surface area contributed by atoms with E-state index >= 15 is 0 Å². The van der Waals surface area contributed by atoms with Gasteiger partial charge < -0.3 is 4.74 Å². The minimum absolute atomic E-state index is 0.0444. The second kappa shape index (κ2) is 5.58. The van der Waals surface area contributed by atoms with Gasteiger partial charge in [0.1, 0.15) is 4.90 Å². The summed E-state index contributed by atoms with van der Waals surface area (Å²) in [5.74, 6) is 0. The molecule has 1 fully saturated rings. The van der Waals surface area contributed by atoms with Crippen LogP contribution in [0.15, 0.2) is 23.1 Å². The molecule has 1 aromatic rings. The maximum atomic E-state index is 12.6. The molecule has 1 aliphatic heterocycles. The third-order valence-corrected chi connectivity index (χ3v) is 5.45. The van der Waals surface area contributed by atoms with Gasteiger partial charge in [-0.3, -0.25) is 0 Å². The van der Waals surface area contributed by atoms with Gasteiger partial charge in [-0.15, -0.1) is 0 Å². The second-order valence-corrected chi connectivity index (χ2v) is 7.40. The molecule has 7 heteroatoms. The first-order chi connectivity index (χ1) is 8.80. The number of hydrogen-bond donors (Lipinski definition) is 0. The highest BCUT2D eigenvalue weighted by Crippen LogP contribution is 2.29. The number of hydrogen-bond acceptors (Lipinski definition) is 3. The van der Waals surface area contributed by atoms with Gasteiger partial charge in [0.25, 0.3) is 0 Å². The van der Waals surface area contributed by atoms with E-state index in [1.807, 2.05) is 13.8 Å². The molecule has 1 aliphatic rings. The van der Waals surface area contributed by atoms with Gasteiger partial charge in [-0.25, -0.2) is 8.42 Å². The molecule has 0 aliphatic carbocycles. The zero-order valence-electron chi connectivity index (χ0n) is 10.6. The Kier molecular flexibility index (Phi) is 4.42. The molecule has 0 N–H and O–H groups in total. The quantitative estimate of drug-likeness (QED) is 0.840. The molecule has 0 radical (unpaired) electrons. The number of ether oxygens (including phenoxy) is 1. The summed E-state index contributed by atoms with van der Waals surface area (Å²) in [6, 6.07) is 4.43. The average molecular weight is 324 g/mol. The number of nitrogens with zero attached hydrogens (tertiary/aromatic N) is 1. The lowest BCUT2D eigenvalue weighted by molar-refractivity contribution is -0.0440. The van der Waals surface area contributed by atoms with Crippen LogP contribution in [-0.4, -0.2) is 38.0 Å². The monoisotopic (exact) mass is 323 g/mol. The Balaban J connectivity index is 2.39. The van der Waals surface area contributed by atoms with Gasteiger partial charge in [0.15, 0.2) is 0 Å². The van der Waals surface area contributed by atoms with Crippen LogP contribution in [0.3, 0.4) is 0 Å². The molecule has 1 aromatic carbocycles. The number of sulfonamides is 1. The van der Waals surface area contributed by atoms with Gasteiger partial charge in [0.2, 0.25) is 10.0 Å². The van der Waals surface area contributed by atoms with Crippen LogP contribution in [0.4, 0.5) is 0 Å². The molecule has 106 valence electrons. The van der Waals surface area contributed by atoms with Gasteiger partial charge >= 0.3 is 0 Å². The first-order valence-electron chi connectivity index (χ1n) is 5.91. The normalized spacial score (nSPS) is 25.5. The molecule has 0 amide bonds. The van der Waals surface area contributed by atoms with Gasteiger partial charge in [0, 0.05) is 18.1 Å². The van der Waals surface area contributed by atoms with Crippen molar-refractivity contribution >= 4 is 33.2 Å². The van der Waals surface area contributed by atoms with Crippen molar-refractivity contribution in [2.75, 3.05) is 13.1 Å². The molecular weight excluding hydrogens is 309 g/mol. The SMILES string of the molecule is C[C@H]1CN(S(=O)(=O)c2cc(Cl)ccc2Cl)C[C@H](C)O1. The highest BCUT2D eigenvalue weighted by molar-refractivity contribution is 7.89. The van der Waals surface area contributed by atoms with Crippen LogP contribution in [0.25, 0.3) is 0 Å². The van der Waals surface area contributed by atoms with Crippen LogP contribution in [0.5, 0.6) is 0 Å². The summed E-state index contributed by atoms with van der Waals surface area (Å²) < 4.78 is 32.1. The molecule has 0 spiro atoms. The van der Waals surface area contributed by atoms with Crippen molar-refractivity contribution in [2.24, 2.45) is 0 Å². The van der Waals surface area contributed by atoms with Gasteiger partial charge in [-0.05, 0) is 32.0 Å². The van der Waals surface area contributed by atoms with Crippen LogP contribution < -0.4 is 0 Å². The Bertz CT molecular complexity index is 566. The van der Waals surface area contributed by atoms with Crippen molar-refractivity contribution in [2.45, 2.75) is 31.0 Å². The highest BCUT2D eigenvalue weighted by Gasteiger charge is 2.33. The molecule has 4 nitrogen and oxygen atoms in total. The number of rotatable bonds is 2. The number of morpholine rings is 1. The predicted octanol–water partition coefficient (Wildman–Crippen LogP) is 2.79. The third-order valence-electron chi connectivity index (χ3n) is 2.90. The first kappa shape index (κ1) is 15.1. The predicted molar refractivity (Wildman–Crippen MR) is 75.2 cm³/mol. The van der Waals surface area contributed by atoms with Crippen molar-refractivity contribution in [3.63, 3.8) is 0 Å². The summed E-state index contributed by atoms with van der Waals surface area (Å²) in [7, 11) is -3.64. The summed E-state index contributed by atoms with van der Waals surface area (Å²) in [5, 5.41) is 0.522. The second-order valence-electron chi connectivity index (χ2n) is 4.65. The molecule has 0 unspecified atom stereocenters. The molecule has 1 saturated heterocycles. The van der Waals surface area contributed by atoms with Gasteiger partial charge in [-0.2, -0.15) is 4.31 Å². The topological polar surface area (TPSA) is 46.6 Å². The number of benzene rings is 1. The Morgan fingerprint density at radius 3 is 2.37 bits per heavy atom. The molecule has 0 saturated carbocycles. The fraction of sp³-hybridized carbons (Fsp3) is 0.500. The standard InChI is InChI=1S/C12H15Cl2NO3S/c1-8-6-15(7-9(2)18-8)19(16,17)12-5-10(13)3-4-11(12)14/h3-5,8-9H,6-7H2,1-2H3/t8-,9-/m0/s1. The fourth-order valence-corrected chi connectivity index (χ4v) is 4.47. The molecular formula is C12H15Cl2NO3S. The summed E-state index contributed by atoms with van der Waals surface area (Å²) in [5.41, 5.74) is 0. The molecule has 2 atom stereocenters. The Hall–Kier alpha value is -0.330. The summed E-state index contributed by atoms with van der Waals surface area (Å²) in [6.45, 7) is 4.32. The lowest BCUT2D eigenvalue weighted by Crippen LogP contribution is -2.48. The van der Waals surface area contributed by atoms with E-state index in [0.29, 0.717) is 18.1 Å². The third kappa shape index (κ3) is 3.23. The van der Waals surface area contributed by atoms with Crippen LogP contribution in [0, 0.1) is 0 Å². The minimum atomic E-state index is -3.64. The van der Waals surface area contributed by atoms with E-state index in [-0.39, 0.29) is 22.1 Å². The van der Waals surface area contributed by atoms with E-state index in [4.69, 9.17) is 27.9 Å². The van der Waals surface area contributed by atoms with Crippen LogP contribution in [0.1, 0.15) is 13.8 Å². The maximum absolute atomic E-state index is 12.6. The zero-order chi connectivity index (χ0) is 14.2. The van der Waals surface area contributed by atoms with Crippen LogP contribution in [0.2, 0.25) is 10.0 Å². The maximum Gasteiger partial charge on any atom is 0.244 e. The fourth-order valence-electron chi connectivity index (χ4n) is 2.14. The van der Waals surface area contributed by atoms with E-state index in [0.717, 1.165) is 0 Å². The van der Waals surface area contributed by atoms with Crippen molar-refractivity contribution in [3.8, 4) is 0 Å². The summed E-state index contributed by atoms with van der Waals surface area (Å²) >= 11 is 11.8. The highest BCUT2D eigenvalue weighted by atomic mass is 35.5. The van der Waals surface area contributed by atoms with Crippen molar-refractivity contribution in [3.05, 3.63) is 28.2 Å². The molecule has 0 bridgehead atoms. The Labute approximate surface area is 123 Å².